The first kappa shape index (κ1) is 19.5. The fourth-order valence-electron chi connectivity index (χ4n) is 3.44. The number of imide groups is 1. The summed E-state index contributed by atoms with van der Waals surface area (Å²) < 4.78 is 5.78. The van der Waals surface area contributed by atoms with Crippen LogP contribution in [0, 0.1) is 0 Å². The zero-order valence-corrected chi connectivity index (χ0v) is 16.8. The molecule has 2 aliphatic rings. The molecule has 0 aromatic heterocycles. The Bertz CT molecular complexity index is 879. The second kappa shape index (κ2) is 8.69. The van der Waals surface area contributed by atoms with Crippen molar-refractivity contribution < 1.29 is 19.1 Å². The Hall–Kier alpha value is -2.80. The molecule has 0 spiro atoms. The number of likely N-dealkylation sites (tertiary alicyclic amines) is 1. The predicted molar refractivity (Wildman–Crippen MR) is 111 cm³/mol. The number of carbonyl (C=O) groups is 3. The van der Waals surface area contributed by atoms with E-state index in [4.69, 9.17) is 4.74 Å². The first-order chi connectivity index (χ1) is 14.1. The van der Waals surface area contributed by atoms with Gasteiger partial charge in [-0.05, 0) is 29.7 Å². The lowest BCUT2D eigenvalue weighted by molar-refractivity contribution is -0.142. The molecular weight excluding hydrogens is 388 g/mol. The molecule has 0 unspecified atom stereocenters. The summed E-state index contributed by atoms with van der Waals surface area (Å²) in [5.41, 5.74) is 2.19. The molecule has 0 atom stereocenters. The van der Waals surface area contributed by atoms with Gasteiger partial charge in [-0.1, -0.05) is 54.2 Å². The van der Waals surface area contributed by atoms with Crippen LogP contribution in [0.3, 0.4) is 0 Å². The van der Waals surface area contributed by atoms with Gasteiger partial charge in [0.1, 0.15) is 12.4 Å². The number of ether oxygens (including phenoxy) is 1. The average Bonchev–Trinajstić information content (AvgIpc) is 3.04. The Morgan fingerprint density at radius 2 is 1.72 bits per heavy atom. The lowest BCUT2D eigenvalue weighted by Gasteiger charge is -2.42. The van der Waals surface area contributed by atoms with Crippen LogP contribution in [0.5, 0.6) is 5.75 Å². The van der Waals surface area contributed by atoms with Crippen molar-refractivity contribution in [3.63, 3.8) is 0 Å². The van der Waals surface area contributed by atoms with E-state index in [1.165, 1.54) is 4.90 Å². The van der Waals surface area contributed by atoms with Crippen LogP contribution < -0.4 is 4.74 Å². The van der Waals surface area contributed by atoms with Crippen LogP contribution in [0.2, 0.25) is 0 Å². The van der Waals surface area contributed by atoms with E-state index in [2.05, 4.69) is 0 Å². The van der Waals surface area contributed by atoms with Crippen LogP contribution in [-0.2, 0) is 22.6 Å². The van der Waals surface area contributed by atoms with Gasteiger partial charge in [0.25, 0.3) is 5.24 Å². The van der Waals surface area contributed by atoms with E-state index in [1.54, 1.807) is 4.90 Å². The molecule has 2 fully saturated rings. The zero-order valence-electron chi connectivity index (χ0n) is 16.0. The summed E-state index contributed by atoms with van der Waals surface area (Å²) in [6.07, 6.45) is 1.06. The van der Waals surface area contributed by atoms with E-state index in [0.29, 0.717) is 32.5 Å². The van der Waals surface area contributed by atoms with Crippen molar-refractivity contribution in [1.82, 2.24) is 9.80 Å². The average molecular weight is 410 g/mol. The number of hydrogen-bond donors (Lipinski definition) is 0. The van der Waals surface area contributed by atoms with Crippen molar-refractivity contribution in [3.05, 3.63) is 65.7 Å². The van der Waals surface area contributed by atoms with E-state index in [-0.39, 0.29) is 28.8 Å². The summed E-state index contributed by atoms with van der Waals surface area (Å²) in [4.78, 5) is 38.8. The molecule has 2 aliphatic heterocycles. The van der Waals surface area contributed by atoms with Crippen LogP contribution in [0.15, 0.2) is 54.6 Å². The molecule has 150 valence electrons. The molecule has 0 N–H and O–H groups in total. The normalized spacial score (nSPS) is 16.8. The molecule has 29 heavy (non-hydrogen) atoms. The SMILES string of the molecule is O=C(CCc1ccc(OCc2ccccc2)cc1)N1CC(N2C(=O)CSC2=O)C1. The van der Waals surface area contributed by atoms with Gasteiger partial charge in [0.2, 0.25) is 11.8 Å². The van der Waals surface area contributed by atoms with Gasteiger partial charge in [-0.15, -0.1) is 0 Å². The minimum atomic E-state index is -0.193. The smallest absolute Gasteiger partial charge is 0.289 e. The molecule has 2 aromatic rings. The van der Waals surface area contributed by atoms with Crippen LogP contribution in [-0.4, -0.2) is 51.7 Å². The van der Waals surface area contributed by atoms with E-state index in [0.717, 1.165) is 28.6 Å². The third-order valence-corrected chi connectivity index (χ3v) is 6.00. The van der Waals surface area contributed by atoms with E-state index in [9.17, 15) is 14.4 Å². The fourth-order valence-corrected chi connectivity index (χ4v) is 4.22. The highest BCUT2D eigenvalue weighted by molar-refractivity contribution is 8.14. The highest BCUT2D eigenvalue weighted by atomic mass is 32.2. The summed E-state index contributed by atoms with van der Waals surface area (Å²) in [5.74, 6) is 0.922. The fraction of sp³-hybridized carbons (Fsp3) is 0.318. The topological polar surface area (TPSA) is 66.9 Å². The number of amides is 3. The van der Waals surface area contributed by atoms with Crippen molar-refractivity contribution in [2.24, 2.45) is 0 Å². The van der Waals surface area contributed by atoms with E-state index in [1.807, 2.05) is 54.6 Å². The van der Waals surface area contributed by atoms with E-state index >= 15 is 0 Å². The minimum absolute atomic E-state index is 0.0532. The van der Waals surface area contributed by atoms with Gasteiger partial charge in [0, 0.05) is 19.5 Å². The molecule has 2 saturated heterocycles. The second-order valence-electron chi connectivity index (χ2n) is 7.19. The van der Waals surface area contributed by atoms with E-state index < -0.39 is 0 Å². The number of carbonyl (C=O) groups excluding carboxylic acids is 3. The Morgan fingerprint density at radius 3 is 2.38 bits per heavy atom. The van der Waals surface area contributed by atoms with Gasteiger partial charge in [0.15, 0.2) is 0 Å². The Morgan fingerprint density at radius 1 is 1.00 bits per heavy atom. The zero-order chi connectivity index (χ0) is 20.2. The quantitative estimate of drug-likeness (QED) is 0.702. The van der Waals surface area contributed by atoms with Crippen molar-refractivity contribution in [2.45, 2.75) is 25.5 Å². The summed E-state index contributed by atoms with van der Waals surface area (Å²) in [6.45, 7) is 1.42. The first-order valence-corrected chi connectivity index (χ1v) is 10.6. The van der Waals surface area contributed by atoms with Crippen molar-refractivity contribution in [3.8, 4) is 5.75 Å². The van der Waals surface area contributed by atoms with Crippen molar-refractivity contribution in [2.75, 3.05) is 18.8 Å². The van der Waals surface area contributed by atoms with Crippen molar-refractivity contribution in [1.29, 1.82) is 0 Å². The van der Waals surface area contributed by atoms with Crippen LogP contribution in [0.25, 0.3) is 0 Å². The third-order valence-electron chi connectivity index (χ3n) is 5.16. The molecule has 6 nitrogen and oxygen atoms in total. The van der Waals surface area contributed by atoms with Gasteiger partial charge in [-0.25, -0.2) is 0 Å². The molecular formula is C22H22N2O4S. The maximum Gasteiger partial charge on any atom is 0.289 e. The number of benzene rings is 2. The lowest BCUT2D eigenvalue weighted by atomic mass is 10.0. The lowest BCUT2D eigenvalue weighted by Crippen LogP contribution is -2.62. The summed E-state index contributed by atoms with van der Waals surface area (Å²) in [7, 11) is 0. The Labute approximate surface area is 173 Å². The molecule has 0 aliphatic carbocycles. The van der Waals surface area contributed by atoms with Crippen molar-refractivity contribution >= 4 is 28.8 Å². The summed E-state index contributed by atoms with van der Waals surface area (Å²) >= 11 is 1.04. The number of thioether (sulfide) groups is 1. The molecule has 0 saturated carbocycles. The summed E-state index contributed by atoms with van der Waals surface area (Å²) in [6, 6.07) is 17.6. The largest absolute Gasteiger partial charge is 0.489 e. The van der Waals surface area contributed by atoms with Crippen LogP contribution >= 0.6 is 11.8 Å². The summed E-state index contributed by atoms with van der Waals surface area (Å²) in [5, 5.41) is -0.193. The van der Waals surface area contributed by atoms with Gasteiger partial charge in [-0.3, -0.25) is 19.3 Å². The molecule has 4 rings (SSSR count). The third kappa shape index (κ3) is 4.62. The second-order valence-corrected chi connectivity index (χ2v) is 8.12. The highest BCUT2D eigenvalue weighted by Crippen LogP contribution is 2.26. The number of rotatable bonds is 7. The Kier molecular flexibility index (Phi) is 5.85. The maximum atomic E-state index is 12.4. The maximum absolute atomic E-state index is 12.4. The predicted octanol–water partition coefficient (Wildman–Crippen LogP) is 3.10. The minimum Gasteiger partial charge on any atom is -0.489 e. The molecule has 0 radical (unpaired) electrons. The first-order valence-electron chi connectivity index (χ1n) is 9.62. The van der Waals surface area contributed by atoms with Crippen LogP contribution in [0.4, 0.5) is 4.79 Å². The number of hydrogen-bond acceptors (Lipinski definition) is 5. The van der Waals surface area contributed by atoms with Gasteiger partial charge >= 0.3 is 0 Å². The standard InChI is InChI=1S/C22H22N2O4S/c25-20(23-12-18(13-23)24-21(26)15-29-22(24)27)11-8-16-6-9-19(10-7-16)28-14-17-4-2-1-3-5-17/h1-7,9-10,18H,8,11-15H2. The van der Waals surface area contributed by atoms with Crippen LogP contribution in [0.1, 0.15) is 17.5 Å². The van der Waals surface area contributed by atoms with Gasteiger partial charge < -0.3 is 9.64 Å². The number of aryl methyl sites for hydroxylation is 1. The molecule has 3 amide bonds. The van der Waals surface area contributed by atoms with Gasteiger partial charge in [-0.2, -0.15) is 0 Å². The van der Waals surface area contributed by atoms with Gasteiger partial charge in [0.05, 0.1) is 11.8 Å². The highest BCUT2D eigenvalue weighted by Gasteiger charge is 2.43. The molecule has 2 aromatic carbocycles. The monoisotopic (exact) mass is 410 g/mol. The number of nitrogens with zero attached hydrogens (tertiary/aromatic N) is 2. The molecule has 7 heteroatoms. The molecule has 0 bridgehead atoms. The Balaban J connectivity index is 1.20. The molecule has 2 heterocycles.